The average Bonchev–Trinajstić information content (AvgIpc) is 3.13. The van der Waals surface area contributed by atoms with Crippen molar-refractivity contribution in [2.24, 2.45) is 0 Å². The first-order chi connectivity index (χ1) is 16.3. The number of ether oxygens (including phenoxy) is 4. The Labute approximate surface area is 201 Å². The molecule has 0 aromatic heterocycles. The minimum absolute atomic E-state index is 0.00193. The first kappa shape index (κ1) is 22.1. The van der Waals surface area contributed by atoms with E-state index in [1.807, 2.05) is 19.9 Å². The molecule has 9 nitrogen and oxygen atoms in total. The number of Topliss-reactive ketones (excluding diaryl/α,β-unsaturated/α-hetero) is 1. The number of carbonyl (C=O) groups excluding carboxylic acids is 1. The number of rotatable bonds is 0. The summed E-state index contributed by atoms with van der Waals surface area (Å²) in [6, 6.07) is 1.35. The third-order valence-electron chi connectivity index (χ3n) is 7.22. The molecular weight excluding hydrogens is 456 g/mol. The van der Waals surface area contributed by atoms with Gasteiger partial charge in [-0.15, -0.1) is 0 Å². The molecule has 0 aliphatic carbocycles. The minimum atomic E-state index is -1.44. The first-order valence-electron chi connectivity index (χ1n) is 11.4. The molecule has 9 heteroatoms. The molecule has 0 radical (unpaired) electrons. The van der Waals surface area contributed by atoms with Crippen LogP contribution in [0.25, 0.3) is 6.08 Å². The molecule has 4 N–H and O–H groups in total. The first-order valence-corrected chi connectivity index (χ1v) is 11.4. The van der Waals surface area contributed by atoms with Crippen LogP contribution in [0, 0.1) is 6.92 Å². The normalized spacial score (nSPS) is 28.3. The van der Waals surface area contributed by atoms with Gasteiger partial charge in [-0.1, -0.05) is 0 Å². The van der Waals surface area contributed by atoms with Gasteiger partial charge < -0.3 is 39.4 Å². The Morgan fingerprint density at radius 1 is 0.943 bits per heavy atom. The molecule has 184 valence electrons. The van der Waals surface area contributed by atoms with Crippen LogP contribution in [0.5, 0.6) is 34.5 Å². The lowest BCUT2D eigenvalue weighted by Crippen LogP contribution is -2.48. The molecule has 2 aromatic rings. The van der Waals surface area contributed by atoms with Crippen molar-refractivity contribution in [2.45, 2.75) is 70.2 Å². The Kier molecular flexibility index (Phi) is 4.17. The topological polar surface area (TPSA) is 135 Å². The number of ketones is 1. The van der Waals surface area contributed by atoms with Gasteiger partial charge in [-0.2, -0.15) is 0 Å². The van der Waals surface area contributed by atoms with Gasteiger partial charge in [0.1, 0.15) is 57.9 Å². The second kappa shape index (κ2) is 6.61. The summed E-state index contributed by atoms with van der Waals surface area (Å²) >= 11 is 0. The Morgan fingerprint density at radius 3 is 2.34 bits per heavy atom. The van der Waals surface area contributed by atoms with Gasteiger partial charge in [-0.3, -0.25) is 4.79 Å². The van der Waals surface area contributed by atoms with E-state index in [0.717, 1.165) is 0 Å². The highest BCUT2D eigenvalue weighted by Crippen LogP contribution is 2.58. The number of aliphatic hydroxyl groups excluding tert-OH is 2. The van der Waals surface area contributed by atoms with Crippen molar-refractivity contribution < 1.29 is 44.2 Å². The predicted octanol–water partition coefficient (Wildman–Crippen LogP) is 3.23. The summed E-state index contributed by atoms with van der Waals surface area (Å²) in [6.45, 7) is 8.60. The van der Waals surface area contributed by atoms with Crippen LogP contribution in [0.3, 0.4) is 0 Å². The van der Waals surface area contributed by atoms with Crippen molar-refractivity contribution in [1.29, 1.82) is 0 Å². The highest BCUT2D eigenvalue weighted by atomic mass is 16.7. The molecule has 6 rings (SSSR count). The molecule has 35 heavy (non-hydrogen) atoms. The van der Waals surface area contributed by atoms with Crippen molar-refractivity contribution in [3.05, 3.63) is 40.0 Å². The van der Waals surface area contributed by atoms with Crippen LogP contribution in [0.4, 0.5) is 0 Å². The lowest BCUT2D eigenvalue weighted by Gasteiger charge is -2.40. The van der Waals surface area contributed by atoms with Crippen LogP contribution in [0.15, 0.2) is 12.1 Å². The second-order valence-corrected chi connectivity index (χ2v) is 10.6. The summed E-state index contributed by atoms with van der Waals surface area (Å²) in [4.78, 5) is 13.8. The molecule has 0 saturated carbocycles. The maximum absolute atomic E-state index is 13.8. The van der Waals surface area contributed by atoms with E-state index in [2.05, 4.69) is 0 Å². The van der Waals surface area contributed by atoms with Gasteiger partial charge in [0, 0.05) is 11.1 Å². The summed E-state index contributed by atoms with van der Waals surface area (Å²) in [5.74, 6) is -1.37. The summed E-state index contributed by atoms with van der Waals surface area (Å²) in [5.41, 5.74) is -0.523. The molecule has 2 unspecified atom stereocenters. The molecule has 4 aliphatic rings. The predicted molar refractivity (Wildman–Crippen MR) is 122 cm³/mol. The van der Waals surface area contributed by atoms with Gasteiger partial charge >= 0.3 is 0 Å². The van der Waals surface area contributed by atoms with E-state index in [4.69, 9.17) is 18.9 Å². The van der Waals surface area contributed by atoms with E-state index in [0.29, 0.717) is 16.9 Å². The van der Waals surface area contributed by atoms with Crippen LogP contribution in [0.1, 0.15) is 72.3 Å². The Balaban J connectivity index is 1.52. The number of phenolic OH excluding ortho intramolecular Hbond substituents is 2. The van der Waals surface area contributed by atoms with Gasteiger partial charge in [0.2, 0.25) is 0 Å². The van der Waals surface area contributed by atoms with Crippen LogP contribution in [0.2, 0.25) is 0 Å². The molecule has 4 aliphatic heterocycles. The number of benzene rings is 2. The van der Waals surface area contributed by atoms with Gasteiger partial charge in [0.25, 0.3) is 6.29 Å². The maximum Gasteiger partial charge on any atom is 0.255 e. The van der Waals surface area contributed by atoms with Crippen molar-refractivity contribution in [3.63, 3.8) is 0 Å². The summed E-state index contributed by atoms with van der Waals surface area (Å²) in [6.07, 6.45) is -0.241. The highest BCUT2D eigenvalue weighted by molar-refractivity contribution is 6.09. The molecule has 2 aromatic carbocycles. The number of aromatic hydroxyl groups is 2. The largest absolute Gasteiger partial charge is 0.507 e. The molecule has 0 fully saturated rings. The van der Waals surface area contributed by atoms with Crippen LogP contribution < -0.4 is 18.9 Å². The summed E-state index contributed by atoms with van der Waals surface area (Å²) < 4.78 is 24.0. The molecule has 4 atom stereocenters. The Hall–Kier alpha value is -3.43. The number of fused-ring (bicyclic) bond motifs is 8. The van der Waals surface area contributed by atoms with Crippen molar-refractivity contribution in [2.75, 3.05) is 0 Å². The molecule has 4 heterocycles. The van der Waals surface area contributed by atoms with Crippen LogP contribution in [-0.2, 0) is 0 Å². The maximum atomic E-state index is 13.8. The van der Waals surface area contributed by atoms with E-state index >= 15 is 0 Å². The SMILES string of the molecule is Cc1c(O)c2c(c3c1OC(C)(C)C=C3)OC1Oc3c(cc(O)c4c3[C@H](O)[C@@H](O)C(C)(C)O4)C1C2=O. The third kappa shape index (κ3) is 2.79. The third-order valence-corrected chi connectivity index (χ3v) is 7.22. The fraction of sp³-hybridized carbons (Fsp3) is 0.423. The monoisotopic (exact) mass is 482 g/mol. The van der Waals surface area contributed by atoms with E-state index < -0.39 is 41.4 Å². The minimum Gasteiger partial charge on any atom is -0.507 e. The quantitative estimate of drug-likeness (QED) is 0.446. The molecule has 0 amide bonds. The van der Waals surface area contributed by atoms with Crippen molar-refractivity contribution >= 4 is 11.9 Å². The van der Waals surface area contributed by atoms with Crippen LogP contribution in [-0.4, -0.2) is 49.8 Å². The summed E-state index contributed by atoms with van der Waals surface area (Å²) in [7, 11) is 0. The lowest BCUT2D eigenvalue weighted by molar-refractivity contribution is -0.114. The zero-order chi connectivity index (χ0) is 25.2. The lowest BCUT2D eigenvalue weighted by atomic mass is 9.82. The molecule has 0 saturated heterocycles. The molecular formula is C26H26O9. The highest BCUT2D eigenvalue weighted by Gasteiger charge is 2.53. The van der Waals surface area contributed by atoms with Crippen molar-refractivity contribution in [1.82, 2.24) is 0 Å². The zero-order valence-electron chi connectivity index (χ0n) is 19.9. The second-order valence-electron chi connectivity index (χ2n) is 10.6. The van der Waals surface area contributed by atoms with E-state index in [1.54, 1.807) is 26.8 Å². The Bertz CT molecular complexity index is 1350. The van der Waals surface area contributed by atoms with E-state index in [-0.39, 0.29) is 45.4 Å². The zero-order valence-corrected chi connectivity index (χ0v) is 19.9. The van der Waals surface area contributed by atoms with Crippen LogP contribution >= 0.6 is 0 Å². The van der Waals surface area contributed by atoms with Crippen molar-refractivity contribution in [3.8, 4) is 34.5 Å². The fourth-order valence-electron chi connectivity index (χ4n) is 5.29. The van der Waals surface area contributed by atoms with Gasteiger partial charge in [-0.25, -0.2) is 0 Å². The number of phenols is 2. The average molecular weight is 482 g/mol. The molecule has 0 bridgehead atoms. The van der Waals surface area contributed by atoms with Gasteiger partial charge in [0.15, 0.2) is 17.3 Å². The van der Waals surface area contributed by atoms with Gasteiger partial charge in [0.05, 0.1) is 11.1 Å². The van der Waals surface area contributed by atoms with Gasteiger partial charge in [-0.05, 0) is 52.8 Å². The van der Waals surface area contributed by atoms with E-state index in [1.165, 1.54) is 6.07 Å². The smallest absolute Gasteiger partial charge is 0.255 e. The van der Waals surface area contributed by atoms with E-state index in [9.17, 15) is 25.2 Å². The summed E-state index contributed by atoms with van der Waals surface area (Å²) in [5, 5.41) is 43.2. The number of hydrogen-bond acceptors (Lipinski definition) is 9. The fourth-order valence-corrected chi connectivity index (χ4v) is 5.29. The number of hydrogen-bond donors (Lipinski definition) is 4. The number of carbonyl (C=O) groups is 1. The standard InChI is InChI=1S/C26H26O9/c1-9-16(28)14-17(29)13-11-8-12(27)22-15(18(30)23(31)26(4,5)35-22)21(11)33-24(13)32-20(14)10-6-7-25(2,3)34-19(9)10/h6-8,13,18,23-24,27-28,30-31H,1-5H3/t13?,18-,23+,24?/m0/s1. The number of aliphatic hydroxyl groups is 2. The molecule has 0 spiro atoms. The Morgan fingerprint density at radius 2 is 1.63 bits per heavy atom.